The summed E-state index contributed by atoms with van der Waals surface area (Å²) in [6, 6.07) is 8.32. The summed E-state index contributed by atoms with van der Waals surface area (Å²) in [5, 5.41) is 0. The van der Waals surface area contributed by atoms with E-state index in [1.54, 1.807) is 23.5 Å². The number of aryl methyl sites for hydroxylation is 2. The summed E-state index contributed by atoms with van der Waals surface area (Å²) >= 11 is 1.74. The van der Waals surface area contributed by atoms with E-state index in [-0.39, 0.29) is 11.9 Å². The van der Waals surface area contributed by atoms with Crippen molar-refractivity contribution in [3.05, 3.63) is 57.0 Å². The van der Waals surface area contributed by atoms with Gasteiger partial charge in [0.1, 0.15) is 5.82 Å². The van der Waals surface area contributed by atoms with Gasteiger partial charge in [0.2, 0.25) is 0 Å². The summed E-state index contributed by atoms with van der Waals surface area (Å²) in [4.78, 5) is 2.49. The van der Waals surface area contributed by atoms with Gasteiger partial charge in [-0.3, -0.25) is 0 Å². The van der Waals surface area contributed by atoms with Crippen molar-refractivity contribution in [3.8, 4) is 0 Å². The molecule has 1 heterocycles. The number of benzene rings is 1. The van der Waals surface area contributed by atoms with Crippen LogP contribution in [0.4, 0.5) is 4.39 Å². The Bertz CT molecular complexity index is 487. The molecule has 3 heteroatoms. The lowest BCUT2D eigenvalue weighted by Crippen LogP contribution is -2.11. The van der Waals surface area contributed by atoms with Crippen LogP contribution in [0, 0.1) is 19.7 Å². The van der Waals surface area contributed by atoms with E-state index in [1.807, 2.05) is 0 Å². The average molecular weight is 235 g/mol. The minimum atomic E-state index is -0.228. The molecule has 0 fully saturated rings. The molecule has 84 valence electrons. The van der Waals surface area contributed by atoms with Gasteiger partial charge in [-0.15, -0.1) is 11.3 Å². The zero-order valence-electron chi connectivity index (χ0n) is 9.33. The van der Waals surface area contributed by atoms with Crippen molar-refractivity contribution in [2.24, 2.45) is 5.73 Å². The quantitative estimate of drug-likeness (QED) is 0.846. The number of nitrogens with two attached hydrogens (primary N) is 1. The molecular formula is C13H14FNS. The van der Waals surface area contributed by atoms with Crippen LogP contribution in [-0.4, -0.2) is 0 Å². The standard InChI is InChI=1S/C13H14FNS/c1-8-7-12(9(2)16-8)13(15)10-3-5-11(14)6-4-10/h3-7,13H,15H2,1-2H3. The molecule has 0 aliphatic carbocycles. The van der Waals surface area contributed by atoms with E-state index in [9.17, 15) is 4.39 Å². The van der Waals surface area contributed by atoms with Crippen LogP contribution in [0.15, 0.2) is 30.3 Å². The van der Waals surface area contributed by atoms with Crippen molar-refractivity contribution in [3.63, 3.8) is 0 Å². The smallest absolute Gasteiger partial charge is 0.123 e. The molecule has 0 saturated carbocycles. The highest BCUT2D eigenvalue weighted by atomic mass is 32.1. The molecule has 1 unspecified atom stereocenters. The van der Waals surface area contributed by atoms with Gasteiger partial charge < -0.3 is 5.73 Å². The maximum absolute atomic E-state index is 12.8. The van der Waals surface area contributed by atoms with Gasteiger partial charge in [-0.1, -0.05) is 12.1 Å². The lowest BCUT2D eigenvalue weighted by molar-refractivity contribution is 0.626. The highest BCUT2D eigenvalue weighted by Gasteiger charge is 2.13. The van der Waals surface area contributed by atoms with Gasteiger partial charge in [0.05, 0.1) is 6.04 Å². The average Bonchev–Trinajstić information content (AvgIpc) is 2.58. The summed E-state index contributed by atoms with van der Waals surface area (Å²) < 4.78 is 12.8. The van der Waals surface area contributed by atoms with Crippen molar-refractivity contribution in [1.29, 1.82) is 0 Å². The summed E-state index contributed by atoms with van der Waals surface area (Å²) in [6.45, 7) is 4.13. The predicted octanol–water partition coefficient (Wildman–Crippen LogP) is 3.55. The Morgan fingerprint density at radius 2 is 1.81 bits per heavy atom. The maximum Gasteiger partial charge on any atom is 0.123 e. The van der Waals surface area contributed by atoms with Gasteiger partial charge in [-0.05, 0) is 43.2 Å². The van der Waals surface area contributed by atoms with Gasteiger partial charge >= 0.3 is 0 Å². The highest BCUT2D eigenvalue weighted by molar-refractivity contribution is 7.12. The number of hydrogen-bond acceptors (Lipinski definition) is 2. The minimum absolute atomic E-state index is 0.162. The van der Waals surface area contributed by atoms with Gasteiger partial charge in [0.25, 0.3) is 0 Å². The van der Waals surface area contributed by atoms with Crippen LogP contribution in [0.3, 0.4) is 0 Å². The van der Waals surface area contributed by atoms with E-state index < -0.39 is 0 Å². The highest BCUT2D eigenvalue weighted by Crippen LogP contribution is 2.28. The lowest BCUT2D eigenvalue weighted by Gasteiger charge is -2.11. The lowest BCUT2D eigenvalue weighted by atomic mass is 10.0. The van der Waals surface area contributed by atoms with Gasteiger partial charge in [-0.2, -0.15) is 0 Å². The molecule has 16 heavy (non-hydrogen) atoms. The topological polar surface area (TPSA) is 26.0 Å². The Labute approximate surface area is 98.7 Å². The molecule has 0 bridgehead atoms. The van der Waals surface area contributed by atoms with Crippen LogP contribution in [0.1, 0.15) is 26.9 Å². The SMILES string of the molecule is Cc1cc(C(N)c2ccc(F)cc2)c(C)s1. The summed E-state index contributed by atoms with van der Waals surface area (Å²) in [5.74, 6) is -0.228. The summed E-state index contributed by atoms with van der Waals surface area (Å²) in [6.07, 6.45) is 0. The third-order valence-corrected chi connectivity index (χ3v) is 3.63. The molecule has 1 nitrogen and oxygen atoms in total. The fraction of sp³-hybridized carbons (Fsp3) is 0.231. The molecule has 2 N–H and O–H groups in total. The number of rotatable bonds is 2. The number of thiophene rings is 1. The second-order valence-electron chi connectivity index (χ2n) is 3.90. The first kappa shape index (κ1) is 11.3. The van der Waals surface area contributed by atoms with Crippen molar-refractivity contribution in [1.82, 2.24) is 0 Å². The predicted molar refractivity (Wildman–Crippen MR) is 66.2 cm³/mol. The zero-order valence-corrected chi connectivity index (χ0v) is 10.1. The van der Waals surface area contributed by atoms with Gasteiger partial charge in [-0.25, -0.2) is 4.39 Å². The molecule has 1 aromatic heterocycles. The summed E-state index contributed by atoms with van der Waals surface area (Å²) in [7, 11) is 0. The number of halogens is 1. The van der Waals surface area contributed by atoms with Crippen LogP contribution in [0.25, 0.3) is 0 Å². The molecule has 0 aliphatic rings. The Morgan fingerprint density at radius 1 is 1.19 bits per heavy atom. The van der Waals surface area contributed by atoms with Crippen LogP contribution in [0.5, 0.6) is 0 Å². The molecule has 0 aliphatic heterocycles. The first-order chi connectivity index (χ1) is 7.58. The Kier molecular flexibility index (Phi) is 3.08. The first-order valence-electron chi connectivity index (χ1n) is 5.16. The molecule has 2 rings (SSSR count). The Balaban J connectivity index is 2.35. The van der Waals surface area contributed by atoms with Gasteiger partial charge in [0.15, 0.2) is 0 Å². The first-order valence-corrected chi connectivity index (χ1v) is 5.97. The maximum atomic E-state index is 12.8. The molecular weight excluding hydrogens is 221 g/mol. The van der Waals surface area contributed by atoms with E-state index >= 15 is 0 Å². The molecule has 0 spiro atoms. The largest absolute Gasteiger partial charge is 0.320 e. The normalized spacial score (nSPS) is 12.8. The third-order valence-electron chi connectivity index (χ3n) is 2.64. The minimum Gasteiger partial charge on any atom is -0.320 e. The van der Waals surface area contributed by atoms with Crippen LogP contribution in [0.2, 0.25) is 0 Å². The van der Waals surface area contributed by atoms with Crippen molar-refractivity contribution in [2.75, 3.05) is 0 Å². The van der Waals surface area contributed by atoms with E-state index in [0.717, 1.165) is 11.1 Å². The van der Waals surface area contributed by atoms with Crippen LogP contribution < -0.4 is 5.73 Å². The second kappa shape index (κ2) is 4.36. The molecule has 0 amide bonds. The van der Waals surface area contributed by atoms with Crippen LogP contribution >= 0.6 is 11.3 Å². The fourth-order valence-electron chi connectivity index (χ4n) is 1.81. The van der Waals surface area contributed by atoms with E-state index in [1.165, 1.54) is 21.9 Å². The second-order valence-corrected chi connectivity index (χ2v) is 5.36. The molecule has 0 saturated heterocycles. The molecule has 2 aromatic rings. The summed E-state index contributed by atoms with van der Waals surface area (Å²) in [5.41, 5.74) is 8.24. The monoisotopic (exact) mass is 235 g/mol. The molecule has 1 aromatic carbocycles. The third kappa shape index (κ3) is 2.15. The molecule has 0 radical (unpaired) electrons. The Morgan fingerprint density at radius 3 is 2.31 bits per heavy atom. The molecule has 1 atom stereocenters. The number of hydrogen-bond donors (Lipinski definition) is 1. The van der Waals surface area contributed by atoms with E-state index in [4.69, 9.17) is 5.73 Å². The fourth-order valence-corrected chi connectivity index (χ4v) is 2.78. The Hall–Kier alpha value is -1.19. The van der Waals surface area contributed by atoms with Crippen molar-refractivity contribution >= 4 is 11.3 Å². The van der Waals surface area contributed by atoms with E-state index in [2.05, 4.69) is 19.9 Å². The zero-order chi connectivity index (χ0) is 11.7. The van der Waals surface area contributed by atoms with Crippen LogP contribution in [-0.2, 0) is 0 Å². The van der Waals surface area contributed by atoms with Crippen molar-refractivity contribution in [2.45, 2.75) is 19.9 Å². The van der Waals surface area contributed by atoms with Crippen molar-refractivity contribution < 1.29 is 4.39 Å². The van der Waals surface area contributed by atoms with Gasteiger partial charge in [0, 0.05) is 9.75 Å². The van der Waals surface area contributed by atoms with E-state index in [0.29, 0.717) is 0 Å².